The Kier molecular flexibility index (Phi) is 5.25. The van der Waals surface area contributed by atoms with Gasteiger partial charge in [0.2, 0.25) is 0 Å². The summed E-state index contributed by atoms with van der Waals surface area (Å²) in [5.74, 6) is 0. The second-order valence-electron chi connectivity index (χ2n) is 3.94. The van der Waals surface area contributed by atoms with E-state index < -0.39 is 0 Å². The van der Waals surface area contributed by atoms with Crippen LogP contribution in [0.4, 0.5) is 0 Å². The Labute approximate surface area is 129 Å². The number of benzene rings is 2. The summed E-state index contributed by atoms with van der Waals surface area (Å²) in [6, 6.07) is 14.1. The molecule has 0 fully saturated rings. The largest absolute Gasteiger partial charge is 0.309 e. The van der Waals surface area contributed by atoms with Crippen molar-refractivity contribution in [2.45, 2.75) is 13.1 Å². The molecule has 2 aromatic carbocycles. The molecular formula is C14H12Br2ClN. The molecule has 94 valence electrons. The van der Waals surface area contributed by atoms with E-state index in [-0.39, 0.29) is 0 Å². The molecule has 0 aromatic heterocycles. The van der Waals surface area contributed by atoms with Crippen LogP contribution < -0.4 is 5.32 Å². The third kappa shape index (κ3) is 3.82. The van der Waals surface area contributed by atoms with Gasteiger partial charge >= 0.3 is 0 Å². The van der Waals surface area contributed by atoms with E-state index in [1.165, 1.54) is 5.56 Å². The van der Waals surface area contributed by atoms with Crippen LogP contribution in [0.2, 0.25) is 5.02 Å². The number of nitrogens with one attached hydrogen (secondary N) is 1. The van der Waals surface area contributed by atoms with Gasteiger partial charge in [-0.05, 0) is 61.2 Å². The minimum Gasteiger partial charge on any atom is -0.309 e. The van der Waals surface area contributed by atoms with Crippen molar-refractivity contribution in [1.82, 2.24) is 5.32 Å². The van der Waals surface area contributed by atoms with Crippen molar-refractivity contribution in [3.63, 3.8) is 0 Å². The first kappa shape index (κ1) is 14.1. The molecule has 0 bridgehead atoms. The van der Waals surface area contributed by atoms with E-state index in [2.05, 4.69) is 49.3 Å². The Hall–Kier alpha value is -0.350. The molecule has 0 saturated carbocycles. The average Bonchev–Trinajstić information content (AvgIpc) is 2.36. The molecule has 0 spiro atoms. The molecule has 0 saturated heterocycles. The smallest absolute Gasteiger partial charge is 0.0450 e. The van der Waals surface area contributed by atoms with Gasteiger partial charge in [0.25, 0.3) is 0 Å². The van der Waals surface area contributed by atoms with Gasteiger partial charge in [-0.15, -0.1) is 0 Å². The van der Waals surface area contributed by atoms with Gasteiger partial charge < -0.3 is 5.32 Å². The Bertz CT molecular complexity index is 543. The number of hydrogen-bond donors (Lipinski definition) is 1. The van der Waals surface area contributed by atoms with Crippen molar-refractivity contribution in [1.29, 1.82) is 0 Å². The van der Waals surface area contributed by atoms with Crippen molar-refractivity contribution in [3.05, 3.63) is 67.6 Å². The van der Waals surface area contributed by atoms with E-state index in [9.17, 15) is 0 Å². The highest BCUT2D eigenvalue weighted by Crippen LogP contribution is 2.23. The first-order valence-corrected chi connectivity index (χ1v) is 7.51. The fraction of sp³-hybridized carbons (Fsp3) is 0.143. The lowest BCUT2D eigenvalue weighted by Gasteiger charge is -2.07. The van der Waals surface area contributed by atoms with Crippen LogP contribution in [0.5, 0.6) is 0 Å². The highest BCUT2D eigenvalue weighted by Gasteiger charge is 2.00. The van der Waals surface area contributed by atoms with Crippen LogP contribution in [-0.2, 0) is 13.1 Å². The van der Waals surface area contributed by atoms with Crippen LogP contribution >= 0.6 is 43.5 Å². The third-order valence-corrected chi connectivity index (χ3v) is 4.83. The molecule has 1 nitrogen and oxygen atoms in total. The molecule has 0 aliphatic heterocycles. The summed E-state index contributed by atoms with van der Waals surface area (Å²) < 4.78 is 2.14. The molecular weight excluding hydrogens is 377 g/mol. The van der Waals surface area contributed by atoms with Crippen LogP contribution in [0, 0.1) is 0 Å². The second-order valence-corrected chi connectivity index (χ2v) is 6.06. The quantitative estimate of drug-likeness (QED) is 0.762. The van der Waals surface area contributed by atoms with Gasteiger partial charge in [0.05, 0.1) is 0 Å². The van der Waals surface area contributed by atoms with E-state index in [1.807, 2.05) is 30.3 Å². The van der Waals surface area contributed by atoms with E-state index in [0.717, 1.165) is 32.6 Å². The van der Waals surface area contributed by atoms with Crippen molar-refractivity contribution in [2.24, 2.45) is 0 Å². The van der Waals surface area contributed by atoms with Crippen molar-refractivity contribution >= 4 is 43.5 Å². The van der Waals surface area contributed by atoms with Gasteiger partial charge in [0.1, 0.15) is 0 Å². The first-order valence-electron chi connectivity index (χ1n) is 5.55. The zero-order valence-corrected chi connectivity index (χ0v) is 13.5. The maximum absolute atomic E-state index is 6.10. The standard InChI is InChI=1S/C14H12Br2ClN/c15-12-6-5-10(7-13(12)16)8-18-9-11-3-1-2-4-14(11)17/h1-7,18H,8-9H2. The van der Waals surface area contributed by atoms with Gasteiger partial charge in [0, 0.05) is 27.1 Å². The summed E-state index contributed by atoms with van der Waals surface area (Å²) in [7, 11) is 0. The molecule has 0 heterocycles. The van der Waals surface area contributed by atoms with E-state index >= 15 is 0 Å². The Morgan fingerprint density at radius 2 is 1.72 bits per heavy atom. The van der Waals surface area contributed by atoms with Gasteiger partial charge in [-0.1, -0.05) is 35.9 Å². The van der Waals surface area contributed by atoms with Gasteiger partial charge in [-0.2, -0.15) is 0 Å². The number of hydrogen-bond acceptors (Lipinski definition) is 1. The first-order chi connectivity index (χ1) is 8.66. The summed E-state index contributed by atoms with van der Waals surface area (Å²) in [5, 5.41) is 4.19. The number of halogens is 3. The van der Waals surface area contributed by atoms with Crippen LogP contribution in [0.3, 0.4) is 0 Å². The SMILES string of the molecule is Clc1ccccc1CNCc1ccc(Br)c(Br)c1. The van der Waals surface area contributed by atoms with Crippen molar-refractivity contribution in [3.8, 4) is 0 Å². The molecule has 0 radical (unpaired) electrons. The van der Waals surface area contributed by atoms with Crippen LogP contribution in [0.25, 0.3) is 0 Å². The molecule has 0 unspecified atom stereocenters. The Morgan fingerprint density at radius 1 is 0.944 bits per heavy atom. The summed E-state index contributed by atoms with van der Waals surface area (Å²) in [6.07, 6.45) is 0. The monoisotopic (exact) mass is 387 g/mol. The zero-order chi connectivity index (χ0) is 13.0. The molecule has 0 atom stereocenters. The fourth-order valence-electron chi connectivity index (χ4n) is 1.63. The summed E-state index contributed by atoms with van der Waals surface area (Å²) in [4.78, 5) is 0. The van der Waals surface area contributed by atoms with E-state index in [0.29, 0.717) is 0 Å². The Balaban J connectivity index is 1.92. The number of rotatable bonds is 4. The fourth-order valence-corrected chi connectivity index (χ4v) is 2.51. The molecule has 2 aromatic rings. The lowest BCUT2D eigenvalue weighted by Crippen LogP contribution is -2.12. The second kappa shape index (κ2) is 6.71. The van der Waals surface area contributed by atoms with Crippen molar-refractivity contribution < 1.29 is 0 Å². The van der Waals surface area contributed by atoms with Gasteiger partial charge in [0.15, 0.2) is 0 Å². The maximum Gasteiger partial charge on any atom is 0.0450 e. The van der Waals surface area contributed by atoms with Crippen LogP contribution in [0.15, 0.2) is 51.4 Å². The molecule has 18 heavy (non-hydrogen) atoms. The molecule has 0 amide bonds. The predicted molar refractivity (Wildman–Crippen MR) is 83.8 cm³/mol. The zero-order valence-electron chi connectivity index (χ0n) is 9.59. The van der Waals surface area contributed by atoms with E-state index in [4.69, 9.17) is 11.6 Å². The molecule has 0 aliphatic rings. The minimum atomic E-state index is 0.771. The normalized spacial score (nSPS) is 10.6. The topological polar surface area (TPSA) is 12.0 Å². The summed E-state index contributed by atoms with van der Waals surface area (Å²) >= 11 is 13.1. The van der Waals surface area contributed by atoms with Crippen LogP contribution in [0.1, 0.15) is 11.1 Å². The third-order valence-electron chi connectivity index (χ3n) is 2.59. The van der Waals surface area contributed by atoms with Crippen molar-refractivity contribution in [2.75, 3.05) is 0 Å². The van der Waals surface area contributed by atoms with Crippen LogP contribution in [-0.4, -0.2) is 0 Å². The summed E-state index contributed by atoms with van der Waals surface area (Å²) in [5.41, 5.74) is 2.35. The lowest BCUT2D eigenvalue weighted by atomic mass is 10.2. The molecule has 4 heteroatoms. The lowest BCUT2D eigenvalue weighted by molar-refractivity contribution is 0.693. The Morgan fingerprint density at radius 3 is 2.44 bits per heavy atom. The maximum atomic E-state index is 6.10. The van der Waals surface area contributed by atoms with Gasteiger partial charge in [-0.3, -0.25) is 0 Å². The highest BCUT2D eigenvalue weighted by atomic mass is 79.9. The molecule has 2 rings (SSSR count). The van der Waals surface area contributed by atoms with Gasteiger partial charge in [-0.25, -0.2) is 0 Å². The predicted octanol–water partition coefficient (Wildman–Crippen LogP) is 5.15. The molecule has 0 aliphatic carbocycles. The molecule has 1 N–H and O–H groups in total. The summed E-state index contributed by atoms with van der Waals surface area (Å²) in [6.45, 7) is 1.59. The minimum absolute atomic E-state index is 0.771. The van der Waals surface area contributed by atoms with E-state index in [1.54, 1.807) is 0 Å². The highest BCUT2D eigenvalue weighted by molar-refractivity contribution is 9.13. The average molecular weight is 390 g/mol.